The molecule has 4 heteroatoms. The summed E-state index contributed by atoms with van der Waals surface area (Å²) < 4.78 is 0. The fourth-order valence-corrected chi connectivity index (χ4v) is 3.15. The van der Waals surface area contributed by atoms with Crippen molar-refractivity contribution in [3.05, 3.63) is 70.3 Å². The smallest absolute Gasteiger partial charge is 0.251 e. The van der Waals surface area contributed by atoms with E-state index in [4.69, 9.17) is 0 Å². The molecule has 0 unspecified atom stereocenters. The molecule has 27 heavy (non-hydrogen) atoms. The van der Waals surface area contributed by atoms with Crippen LogP contribution in [0.4, 0.5) is 0 Å². The van der Waals surface area contributed by atoms with Gasteiger partial charge < -0.3 is 10.6 Å². The maximum atomic E-state index is 12.9. The highest BCUT2D eigenvalue weighted by molar-refractivity contribution is 5.97. The highest BCUT2D eigenvalue weighted by Gasteiger charge is 2.26. The monoisotopic (exact) mass is 366 g/mol. The Hall–Kier alpha value is -2.62. The maximum absolute atomic E-state index is 12.9. The van der Waals surface area contributed by atoms with Crippen LogP contribution in [0.15, 0.2) is 42.5 Å². The second kappa shape index (κ2) is 8.85. The molecule has 0 fully saturated rings. The molecule has 144 valence electrons. The van der Waals surface area contributed by atoms with E-state index in [0.29, 0.717) is 5.56 Å². The van der Waals surface area contributed by atoms with E-state index < -0.39 is 6.04 Å². The zero-order valence-electron chi connectivity index (χ0n) is 17.1. The van der Waals surface area contributed by atoms with Crippen molar-refractivity contribution >= 4 is 11.8 Å². The predicted molar refractivity (Wildman–Crippen MR) is 110 cm³/mol. The summed E-state index contributed by atoms with van der Waals surface area (Å²) in [6.07, 6.45) is 0. The van der Waals surface area contributed by atoms with Crippen molar-refractivity contribution in [2.24, 2.45) is 5.92 Å². The summed E-state index contributed by atoms with van der Waals surface area (Å²) in [5.41, 5.74) is 4.96. The number of amides is 2. The molecule has 0 spiro atoms. The zero-order valence-corrected chi connectivity index (χ0v) is 17.1. The molecule has 0 saturated heterocycles. The van der Waals surface area contributed by atoms with Crippen LogP contribution >= 0.6 is 0 Å². The Morgan fingerprint density at radius 1 is 0.852 bits per heavy atom. The minimum Gasteiger partial charge on any atom is -0.348 e. The normalized spacial score (nSPS) is 13.1. The van der Waals surface area contributed by atoms with Crippen LogP contribution in [0.25, 0.3) is 0 Å². The van der Waals surface area contributed by atoms with Gasteiger partial charge in [-0.2, -0.15) is 0 Å². The van der Waals surface area contributed by atoms with Gasteiger partial charge in [0.25, 0.3) is 5.91 Å². The Balaban J connectivity index is 2.12. The van der Waals surface area contributed by atoms with Gasteiger partial charge in [-0.15, -0.1) is 0 Å². The van der Waals surface area contributed by atoms with Gasteiger partial charge in [0.05, 0.1) is 6.04 Å². The Bertz CT molecular complexity index is 827. The van der Waals surface area contributed by atoms with Crippen LogP contribution in [0.3, 0.4) is 0 Å². The van der Waals surface area contributed by atoms with E-state index >= 15 is 0 Å². The Kier molecular flexibility index (Phi) is 6.78. The fraction of sp³-hybridized carbons (Fsp3) is 0.391. The van der Waals surface area contributed by atoms with E-state index in [0.717, 1.165) is 22.3 Å². The lowest BCUT2D eigenvalue weighted by atomic mass is 9.98. The molecule has 2 aromatic rings. The van der Waals surface area contributed by atoms with E-state index in [1.165, 1.54) is 0 Å². The Labute approximate surface area is 162 Å². The number of carbonyl (C=O) groups is 2. The first-order valence-corrected chi connectivity index (χ1v) is 9.44. The fourth-order valence-electron chi connectivity index (χ4n) is 3.15. The summed E-state index contributed by atoms with van der Waals surface area (Å²) in [4.78, 5) is 25.5. The third kappa shape index (κ3) is 5.43. The van der Waals surface area contributed by atoms with Crippen LogP contribution in [-0.2, 0) is 4.79 Å². The zero-order chi connectivity index (χ0) is 20.1. The number of nitrogens with one attached hydrogen (secondary N) is 2. The number of benzene rings is 2. The Morgan fingerprint density at radius 2 is 1.52 bits per heavy atom. The van der Waals surface area contributed by atoms with Crippen molar-refractivity contribution in [3.63, 3.8) is 0 Å². The van der Waals surface area contributed by atoms with Gasteiger partial charge in [0, 0.05) is 5.56 Å². The van der Waals surface area contributed by atoms with Crippen LogP contribution in [0.2, 0.25) is 0 Å². The third-order valence-corrected chi connectivity index (χ3v) is 4.78. The standard InChI is InChI=1S/C23H30N2O2/c1-14(2)21(25-22(26)19-9-7-8-15(3)12-19)23(27)24-18(6)20-13-16(4)10-11-17(20)5/h7-14,18,21H,1-6H3,(H,24,27)(H,25,26)/t18-,21+/m0/s1. The molecule has 0 bridgehead atoms. The van der Waals surface area contributed by atoms with Gasteiger partial charge >= 0.3 is 0 Å². The SMILES string of the molecule is Cc1cccc(C(=O)N[C@@H](C(=O)N[C@@H](C)c2cc(C)ccc2C)C(C)C)c1. The summed E-state index contributed by atoms with van der Waals surface area (Å²) in [6.45, 7) is 11.9. The molecule has 0 aliphatic heterocycles. The average molecular weight is 367 g/mol. The van der Waals surface area contributed by atoms with Gasteiger partial charge in [-0.25, -0.2) is 0 Å². The molecule has 2 rings (SSSR count). The largest absolute Gasteiger partial charge is 0.348 e. The molecule has 0 saturated carbocycles. The molecule has 2 N–H and O–H groups in total. The highest BCUT2D eigenvalue weighted by Crippen LogP contribution is 2.19. The molecule has 0 heterocycles. The predicted octanol–water partition coefficient (Wildman–Crippen LogP) is 4.24. The lowest BCUT2D eigenvalue weighted by molar-refractivity contribution is -0.124. The third-order valence-electron chi connectivity index (χ3n) is 4.78. The number of carbonyl (C=O) groups excluding carboxylic acids is 2. The lowest BCUT2D eigenvalue weighted by Crippen LogP contribution is -2.50. The van der Waals surface area contributed by atoms with Crippen molar-refractivity contribution in [2.45, 2.75) is 53.6 Å². The van der Waals surface area contributed by atoms with Crippen LogP contribution < -0.4 is 10.6 Å². The van der Waals surface area contributed by atoms with Crippen molar-refractivity contribution in [1.82, 2.24) is 10.6 Å². The number of hydrogen-bond acceptors (Lipinski definition) is 2. The van der Waals surface area contributed by atoms with Crippen molar-refractivity contribution in [1.29, 1.82) is 0 Å². The van der Waals surface area contributed by atoms with E-state index in [-0.39, 0.29) is 23.8 Å². The number of hydrogen-bond donors (Lipinski definition) is 2. The topological polar surface area (TPSA) is 58.2 Å². The van der Waals surface area contributed by atoms with Crippen LogP contribution in [0, 0.1) is 26.7 Å². The second-order valence-corrected chi connectivity index (χ2v) is 7.65. The van der Waals surface area contributed by atoms with Crippen LogP contribution in [-0.4, -0.2) is 17.9 Å². The summed E-state index contributed by atoms with van der Waals surface area (Å²) >= 11 is 0. The summed E-state index contributed by atoms with van der Waals surface area (Å²) in [5.74, 6) is -0.420. The number of rotatable bonds is 6. The summed E-state index contributed by atoms with van der Waals surface area (Å²) in [7, 11) is 0. The van der Waals surface area contributed by atoms with Crippen molar-refractivity contribution in [2.75, 3.05) is 0 Å². The van der Waals surface area contributed by atoms with E-state index in [9.17, 15) is 9.59 Å². The Morgan fingerprint density at radius 3 is 2.15 bits per heavy atom. The second-order valence-electron chi connectivity index (χ2n) is 7.65. The molecule has 2 atom stereocenters. The quantitative estimate of drug-likeness (QED) is 0.803. The van der Waals surface area contributed by atoms with Gasteiger partial charge in [0.15, 0.2) is 0 Å². The molecule has 0 aliphatic carbocycles. The molecular weight excluding hydrogens is 336 g/mol. The lowest BCUT2D eigenvalue weighted by Gasteiger charge is -2.25. The first-order chi connectivity index (χ1) is 12.7. The van der Waals surface area contributed by atoms with Crippen molar-refractivity contribution in [3.8, 4) is 0 Å². The average Bonchev–Trinajstić information content (AvgIpc) is 2.60. The van der Waals surface area contributed by atoms with Gasteiger partial charge in [-0.3, -0.25) is 9.59 Å². The highest BCUT2D eigenvalue weighted by atomic mass is 16.2. The van der Waals surface area contributed by atoms with Crippen LogP contribution in [0.1, 0.15) is 59.4 Å². The molecule has 4 nitrogen and oxygen atoms in total. The minimum atomic E-state index is -0.592. The molecule has 2 aromatic carbocycles. The number of aryl methyl sites for hydroxylation is 3. The van der Waals surface area contributed by atoms with Gasteiger partial charge in [-0.05, 0) is 56.9 Å². The first-order valence-electron chi connectivity index (χ1n) is 9.44. The van der Waals surface area contributed by atoms with Crippen molar-refractivity contribution < 1.29 is 9.59 Å². The molecule has 0 radical (unpaired) electrons. The van der Waals surface area contributed by atoms with Gasteiger partial charge in [0.1, 0.15) is 6.04 Å². The van der Waals surface area contributed by atoms with Crippen LogP contribution in [0.5, 0.6) is 0 Å². The molecule has 0 aliphatic rings. The van der Waals surface area contributed by atoms with Gasteiger partial charge in [0.2, 0.25) is 5.91 Å². The molecular formula is C23H30N2O2. The van der Waals surface area contributed by atoms with Gasteiger partial charge in [-0.1, -0.05) is 55.3 Å². The summed E-state index contributed by atoms with van der Waals surface area (Å²) in [6, 6.07) is 12.9. The summed E-state index contributed by atoms with van der Waals surface area (Å²) in [5, 5.41) is 5.95. The molecule has 2 amide bonds. The minimum absolute atomic E-state index is 0.0236. The van der Waals surface area contributed by atoms with E-state index in [2.05, 4.69) is 28.8 Å². The van der Waals surface area contributed by atoms with E-state index in [1.54, 1.807) is 6.07 Å². The maximum Gasteiger partial charge on any atom is 0.251 e. The first kappa shape index (κ1) is 20.7. The van der Waals surface area contributed by atoms with E-state index in [1.807, 2.05) is 59.7 Å². The molecule has 0 aromatic heterocycles.